The van der Waals surface area contributed by atoms with E-state index in [1.165, 1.54) is 5.56 Å². The van der Waals surface area contributed by atoms with Crippen LogP contribution in [0.3, 0.4) is 0 Å². The summed E-state index contributed by atoms with van der Waals surface area (Å²) in [5.41, 5.74) is 4.31. The molecule has 0 saturated carbocycles. The number of nitrogens with zero attached hydrogens (tertiary/aromatic N) is 3. The predicted molar refractivity (Wildman–Crippen MR) is 118 cm³/mol. The van der Waals surface area contributed by atoms with Crippen LogP contribution in [0.1, 0.15) is 16.7 Å². The summed E-state index contributed by atoms with van der Waals surface area (Å²) in [6.45, 7) is 2.08. The van der Waals surface area contributed by atoms with Crippen LogP contribution in [0.15, 0.2) is 59.1 Å². The van der Waals surface area contributed by atoms with Gasteiger partial charge in [0, 0.05) is 15.2 Å². The molecular weight excluding hydrogens is 424 g/mol. The van der Waals surface area contributed by atoms with Crippen molar-refractivity contribution in [3.8, 4) is 23.5 Å². The lowest BCUT2D eigenvalue weighted by atomic mass is 9.98. The number of rotatable bonds is 1. The lowest BCUT2D eigenvalue weighted by Gasteiger charge is -2.07. The number of H-pyrrole nitrogens is 1. The molecule has 5 rings (SSSR count). The average Bonchev–Trinajstić information content (AvgIpc) is 3.18. The Kier molecular flexibility index (Phi) is 3.87. The molecule has 29 heavy (non-hydrogen) atoms. The van der Waals surface area contributed by atoms with Crippen LogP contribution in [0.2, 0.25) is 0 Å². The lowest BCUT2D eigenvalue weighted by Crippen LogP contribution is -1.91. The second kappa shape index (κ2) is 6.44. The molecule has 0 aliphatic carbocycles. The maximum atomic E-state index is 9.57. The van der Waals surface area contributed by atoms with Crippen molar-refractivity contribution in [1.29, 1.82) is 10.5 Å². The van der Waals surface area contributed by atoms with E-state index < -0.39 is 0 Å². The van der Waals surface area contributed by atoms with Gasteiger partial charge in [0.2, 0.25) is 0 Å². The van der Waals surface area contributed by atoms with Crippen molar-refractivity contribution < 1.29 is 0 Å². The van der Waals surface area contributed by atoms with E-state index in [0.29, 0.717) is 22.5 Å². The molecular formula is C24H13BrN4. The summed E-state index contributed by atoms with van der Waals surface area (Å²) >= 11 is 3.58. The Hall–Kier alpha value is -3.67. The van der Waals surface area contributed by atoms with Gasteiger partial charge in [-0.25, -0.2) is 4.98 Å². The molecule has 1 N–H and O–H groups in total. The van der Waals surface area contributed by atoms with Gasteiger partial charge >= 0.3 is 0 Å². The number of halogens is 1. The van der Waals surface area contributed by atoms with Gasteiger partial charge in [-0.15, -0.1) is 0 Å². The molecule has 0 bridgehead atoms. The Labute approximate surface area is 175 Å². The number of imidazole rings is 1. The highest BCUT2D eigenvalue weighted by Gasteiger charge is 2.18. The third-order valence-electron chi connectivity index (χ3n) is 5.22. The molecule has 0 amide bonds. The fourth-order valence-electron chi connectivity index (χ4n) is 3.92. The van der Waals surface area contributed by atoms with Gasteiger partial charge in [0.1, 0.15) is 5.82 Å². The zero-order valence-corrected chi connectivity index (χ0v) is 17.0. The number of hydrogen-bond acceptors (Lipinski definition) is 3. The molecule has 1 heterocycles. The third-order valence-corrected chi connectivity index (χ3v) is 5.71. The van der Waals surface area contributed by atoms with Crippen LogP contribution in [0, 0.1) is 29.6 Å². The minimum absolute atomic E-state index is 0.426. The average molecular weight is 437 g/mol. The van der Waals surface area contributed by atoms with Crippen LogP contribution >= 0.6 is 15.9 Å². The highest BCUT2D eigenvalue weighted by atomic mass is 79.9. The van der Waals surface area contributed by atoms with Crippen LogP contribution < -0.4 is 0 Å². The first-order chi connectivity index (χ1) is 14.1. The van der Waals surface area contributed by atoms with E-state index in [0.717, 1.165) is 37.1 Å². The Morgan fingerprint density at radius 3 is 2.28 bits per heavy atom. The molecule has 5 heteroatoms. The standard InChI is InChI=1S/C24H13BrN4/c1-13-5-7-17-19(9-13)20-10-16(25)6-8-18(20)23-22(17)28-24(29-23)21-14(11-26)3-2-4-15(21)12-27/h2-10H,1H3,(H,28,29). The van der Waals surface area contributed by atoms with E-state index in [4.69, 9.17) is 4.98 Å². The minimum Gasteiger partial charge on any atom is -0.337 e. The van der Waals surface area contributed by atoms with Gasteiger partial charge in [0.05, 0.1) is 39.9 Å². The van der Waals surface area contributed by atoms with E-state index in [1.54, 1.807) is 18.2 Å². The quantitative estimate of drug-likeness (QED) is 0.311. The Morgan fingerprint density at radius 2 is 1.55 bits per heavy atom. The first-order valence-electron chi connectivity index (χ1n) is 9.05. The van der Waals surface area contributed by atoms with E-state index in [2.05, 4.69) is 70.3 Å². The number of aromatic amines is 1. The van der Waals surface area contributed by atoms with Crippen molar-refractivity contribution in [2.45, 2.75) is 6.92 Å². The summed E-state index contributed by atoms with van der Waals surface area (Å²) in [5.74, 6) is 0.533. The Balaban J connectivity index is 1.98. The van der Waals surface area contributed by atoms with E-state index in [9.17, 15) is 10.5 Å². The van der Waals surface area contributed by atoms with E-state index in [1.807, 2.05) is 6.07 Å². The van der Waals surface area contributed by atoms with Crippen LogP contribution in [-0.4, -0.2) is 9.97 Å². The fourth-order valence-corrected chi connectivity index (χ4v) is 4.28. The number of nitriles is 2. The van der Waals surface area contributed by atoms with E-state index in [-0.39, 0.29) is 0 Å². The van der Waals surface area contributed by atoms with Crippen LogP contribution in [0.5, 0.6) is 0 Å². The second-order valence-electron chi connectivity index (χ2n) is 7.00. The molecule has 136 valence electrons. The van der Waals surface area contributed by atoms with Gasteiger partial charge in [0.15, 0.2) is 0 Å². The molecule has 0 saturated heterocycles. The maximum absolute atomic E-state index is 9.57. The molecule has 1 aromatic heterocycles. The number of benzene rings is 4. The maximum Gasteiger partial charge on any atom is 0.141 e. The molecule has 0 unspecified atom stereocenters. The van der Waals surface area contributed by atoms with Crippen LogP contribution in [0.4, 0.5) is 0 Å². The number of nitrogens with one attached hydrogen (secondary N) is 1. The Morgan fingerprint density at radius 1 is 0.862 bits per heavy atom. The van der Waals surface area contributed by atoms with Gasteiger partial charge in [-0.1, -0.05) is 51.8 Å². The summed E-state index contributed by atoms with van der Waals surface area (Å²) in [7, 11) is 0. The summed E-state index contributed by atoms with van der Waals surface area (Å²) in [4.78, 5) is 8.26. The summed E-state index contributed by atoms with van der Waals surface area (Å²) in [6.07, 6.45) is 0. The molecule has 4 aromatic carbocycles. The van der Waals surface area contributed by atoms with Gasteiger partial charge in [-0.05, 0) is 42.0 Å². The van der Waals surface area contributed by atoms with Crippen LogP contribution in [-0.2, 0) is 0 Å². The van der Waals surface area contributed by atoms with Crippen LogP contribution in [0.25, 0.3) is 44.0 Å². The van der Waals surface area contributed by atoms with Crippen molar-refractivity contribution in [2.75, 3.05) is 0 Å². The molecule has 4 nitrogen and oxygen atoms in total. The first-order valence-corrected chi connectivity index (χ1v) is 9.85. The van der Waals surface area contributed by atoms with Crippen molar-refractivity contribution in [3.05, 3.63) is 75.8 Å². The molecule has 0 atom stereocenters. The summed E-state index contributed by atoms with van der Waals surface area (Å²) in [5, 5.41) is 23.5. The molecule has 0 radical (unpaired) electrons. The third kappa shape index (κ3) is 2.60. The largest absolute Gasteiger partial charge is 0.337 e. The highest BCUT2D eigenvalue weighted by molar-refractivity contribution is 9.10. The van der Waals surface area contributed by atoms with Crippen molar-refractivity contribution >= 4 is 48.5 Å². The highest BCUT2D eigenvalue weighted by Crippen LogP contribution is 2.37. The van der Waals surface area contributed by atoms with Gasteiger partial charge < -0.3 is 4.98 Å². The smallest absolute Gasteiger partial charge is 0.141 e. The number of fused-ring (bicyclic) bond motifs is 6. The summed E-state index contributed by atoms with van der Waals surface area (Å²) < 4.78 is 1.00. The van der Waals surface area contributed by atoms with Gasteiger partial charge in [0.25, 0.3) is 0 Å². The SMILES string of the molecule is Cc1ccc2c(c1)c1cc(Br)ccc1c1nc(-c3c(C#N)cccc3C#N)[nH]c21. The number of aromatic nitrogens is 2. The van der Waals surface area contributed by atoms with Gasteiger partial charge in [-0.2, -0.15) is 10.5 Å². The van der Waals surface area contributed by atoms with Gasteiger partial charge in [-0.3, -0.25) is 0 Å². The lowest BCUT2D eigenvalue weighted by molar-refractivity contribution is 1.31. The van der Waals surface area contributed by atoms with Crippen molar-refractivity contribution in [2.24, 2.45) is 0 Å². The van der Waals surface area contributed by atoms with E-state index >= 15 is 0 Å². The molecule has 0 fully saturated rings. The monoisotopic (exact) mass is 436 g/mol. The Bertz CT molecular complexity index is 1440. The fraction of sp³-hybridized carbons (Fsp3) is 0.0417. The zero-order valence-electron chi connectivity index (χ0n) is 15.4. The minimum atomic E-state index is 0.426. The second-order valence-corrected chi connectivity index (χ2v) is 7.92. The summed E-state index contributed by atoms with van der Waals surface area (Å²) in [6, 6.07) is 22.0. The molecule has 0 spiro atoms. The normalized spacial score (nSPS) is 11.0. The predicted octanol–water partition coefficient (Wildman–Crippen LogP) is 6.35. The molecule has 0 aliphatic rings. The molecule has 5 aromatic rings. The first kappa shape index (κ1) is 17.4. The van der Waals surface area contributed by atoms with Crippen molar-refractivity contribution in [1.82, 2.24) is 9.97 Å². The number of aryl methyl sites for hydroxylation is 1. The van der Waals surface area contributed by atoms with Crippen molar-refractivity contribution in [3.63, 3.8) is 0 Å². The zero-order chi connectivity index (χ0) is 20.1. The molecule has 0 aliphatic heterocycles. The topological polar surface area (TPSA) is 76.3 Å². The number of hydrogen-bond donors (Lipinski definition) is 1.